The van der Waals surface area contributed by atoms with Crippen LogP contribution in [0.4, 0.5) is 0 Å². The largest absolute Gasteiger partial charge is 0.481 e. The first-order valence-corrected chi connectivity index (χ1v) is 5.91. The molecular formula is C11H21NO4. The second kappa shape index (κ2) is 8.50. The fraction of sp³-hybridized carbons (Fsp3) is 0.909. The van der Waals surface area contributed by atoms with Crippen LogP contribution in [-0.4, -0.2) is 50.1 Å². The summed E-state index contributed by atoms with van der Waals surface area (Å²) in [7, 11) is 0. The summed E-state index contributed by atoms with van der Waals surface area (Å²) >= 11 is 0. The Morgan fingerprint density at radius 1 is 1.31 bits per heavy atom. The van der Waals surface area contributed by atoms with Crippen LogP contribution in [0.1, 0.15) is 25.7 Å². The molecule has 0 aliphatic carbocycles. The molecule has 0 aromatic heterocycles. The molecule has 1 aliphatic heterocycles. The maximum Gasteiger partial charge on any atom is 0.303 e. The van der Waals surface area contributed by atoms with Gasteiger partial charge in [0.1, 0.15) is 0 Å². The zero-order valence-corrected chi connectivity index (χ0v) is 9.61. The molecule has 1 heterocycles. The van der Waals surface area contributed by atoms with E-state index in [1.807, 2.05) is 0 Å². The fourth-order valence-corrected chi connectivity index (χ4v) is 1.62. The predicted octanol–water partition coefficient (Wildman–Crippen LogP) is 0.636. The number of nitrogens with one attached hydrogen (secondary N) is 1. The topological polar surface area (TPSA) is 67.8 Å². The van der Waals surface area contributed by atoms with Crippen molar-refractivity contribution in [3.05, 3.63) is 0 Å². The molecule has 2 N–H and O–H groups in total. The molecule has 1 fully saturated rings. The lowest BCUT2D eigenvalue weighted by atomic mass is 10.2. The third kappa shape index (κ3) is 6.76. The van der Waals surface area contributed by atoms with E-state index in [0.29, 0.717) is 19.8 Å². The number of rotatable bonds is 8. The second-order valence-corrected chi connectivity index (χ2v) is 3.98. The van der Waals surface area contributed by atoms with Crippen LogP contribution in [0.5, 0.6) is 0 Å². The van der Waals surface area contributed by atoms with Crippen LogP contribution in [0.2, 0.25) is 0 Å². The third-order valence-electron chi connectivity index (χ3n) is 2.50. The van der Waals surface area contributed by atoms with E-state index in [1.54, 1.807) is 0 Å². The monoisotopic (exact) mass is 231 g/mol. The van der Waals surface area contributed by atoms with Gasteiger partial charge in [0.2, 0.25) is 0 Å². The smallest absolute Gasteiger partial charge is 0.303 e. The Bertz CT molecular complexity index is 192. The minimum atomic E-state index is -0.708. The highest BCUT2D eigenvalue weighted by Crippen LogP contribution is 2.00. The minimum absolute atomic E-state index is 0.174. The molecule has 0 radical (unpaired) electrons. The van der Waals surface area contributed by atoms with Gasteiger partial charge in [-0.05, 0) is 19.4 Å². The first-order valence-electron chi connectivity index (χ1n) is 5.91. The minimum Gasteiger partial charge on any atom is -0.481 e. The number of hydrogen-bond acceptors (Lipinski definition) is 4. The molecule has 0 aromatic rings. The molecule has 1 rings (SSSR count). The lowest BCUT2D eigenvalue weighted by Crippen LogP contribution is -2.37. The van der Waals surface area contributed by atoms with E-state index in [9.17, 15) is 4.79 Å². The SMILES string of the molecule is O=C(O)CCCCCNCC1COCCO1. The van der Waals surface area contributed by atoms with Crippen LogP contribution in [0.15, 0.2) is 0 Å². The van der Waals surface area contributed by atoms with Crippen LogP contribution in [-0.2, 0) is 14.3 Å². The van der Waals surface area contributed by atoms with Crippen molar-refractivity contribution in [3.63, 3.8) is 0 Å². The van der Waals surface area contributed by atoms with E-state index in [1.165, 1.54) is 0 Å². The third-order valence-corrected chi connectivity index (χ3v) is 2.50. The zero-order valence-electron chi connectivity index (χ0n) is 9.61. The number of unbranched alkanes of at least 4 members (excludes halogenated alkanes) is 2. The molecule has 1 atom stereocenters. The molecule has 5 heteroatoms. The van der Waals surface area contributed by atoms with Crippen LogP contribution < -0.4 is 5.32 Å². The number of hydrogen-bond donors (Lipinski definition) is 2. The first kappa shape index (κ1) is 13.4. The maximum atomic E-state index is 10.2. The molecule has 0 saturated carbocycles. The molecule has 0 aromatic carbocycles. The normalized spacial score (nSPS) is 20.9. The highest BCUT2D eigenvalue weighted by atomic mass is 16.6. The number of carbonyl (C=O) groups is 1. The van der Waals surface area contributed by atoms with Gasteiger partial charge in [-0.3, -0.25) is 4.79 Å². The van der Waals surface area contributed by atoms with Gasteiger partial charge in [0.15, 0.2) is 0 Å². The Morgan fingerprint density at radius 3 is 2.88 bits per heavy atom. The highest BCUT2D eigenvalue weighted by molar-refractivity contribution is 5.66. The molecular weight excluding hydrogens is 210 g/mol. The van der Waals surface area contributed by atoms with Crippen molar-refractivity contribution in [2.45, 2.75) is 31.8 Å². The van der Waals surface area contributed by atoms with Gasteiger partial charge in [0.25, 0.3) is 0 Å². The summed E-state index contributed by atoms with van der Waals surface area (Å²) in [6.45, 7) is 3.79. The van der Waals surface area contributed by atoms with Crippen molar-refractivity contribution in [1.29, 1.82) is 0 Å². The summed E-state index contributed by atoms with van der Waals surface area (Å²) in [5.41, 5.74) is 0. The predicted molar refractivity (Wildman–Crippen MR) is 59.5 cm³/mol. The number of ether oxygens (including phenoxy) is 2. The zero-order chi connectivity index (χ0) is 11.6. The van der Waals surface area contributed by atoms with Crippen LogP contribution >= 0.6 is 0 Å². The molecule has 94 valence electrons. The molecule has 1 unspecified atom stereocenters. The lowest BCUT2D eigenvalue weighted by molar-refractivity contribution is -0.137. The van der Waals surface area contributed by atoms with E-state index < -0.39 is 5.97 Å². The van der Waals surface area contributed by atoms with E-state index in [0.717, 1.165) is 32.4 Å². The van der Waals surface area contributed by atoms with Gasteiger partial charge in [-0.25, -0.2) is 0 Å². The molecule has 0 spiro atoms. The van der Waals surface area contributed by atoms with Crippen molar-refractivity contribution in [1.82, 2.24) is 5.32 Å². The highest BCUT2D eigenvalue weighted by Gasteiger charge is 2.12. The van der Waals surface area contributed by atoms with Crippen molar-refractivity contribution < 1.29 is 19.4 Å². The number of carboxylic acids is 1. The van der Waals surface area contributed by atoms with Crippen LogP contribution in [0.25, 0.3) is 0 Å². The summed E-state index contributed by atoms with van der Waals surface area (Å²) < 4.78 is 10.7. The lowest BCUT2D eigenvalue weighted by Gasteiger charge is -2.23. The van der Waals surface area contributed by atoms with Gasteiger partial charge < -0.3 is 19.9 Å². The van der Waals surface area contributed by atoms with Crippen molar-refractivity contribution in [3.8, 4) is 0 Å². The summed E-state index contributed by atoms with van der Waals surface area (Å²) in [6.07, 6.45) is 3.19. The summed E-state index contributed by atoms with van der Waals surface area (Å²) in [5.74, 6) is -0.708. The van der Waals surface area contributed by atoms with Gasteiger partial charge >= 0.3 is 5.97 Å². The van der Waals surface area contributed by atoms with E-state index in [-0.39, 0.29) is 12.5 Å². The van der Waals surface area contributed by atoms with E-state index >= 15 is 0 Å². The first-order chi connectivity index (χ1) is 7.79. The summed E-state index contributed by atoms with van der Waals surface area (Å²) in [4.78, 5) is 10.2. The van der Waals surface area contributed by atoms with Gasteiger partial charge in [-0.1, -0.05) is 6.42 Å². The Labute approximate surface area is 96.1 Å². The van der Waals surface area contributed by atoms with E-state index in [2.05, 4.69) is 5.32 Å². The van der Waals surface area contributed by atoms with Crippen LogP contribution in [0.3, 0.4) is 0 Å². The molecule has 0 amide bonds. The molecule has 1 saturated heterocycles. The number of carboxylic acid groups (broad SMARTS) is 1. The molecule has 0 bridgehead atoms. The van der Waals surface area contributed by atoms with Crippen molar-refractivity contribution in [2.75, 3.05) is 32.9 Å². The Hall–Kier alpha value is -0.650. The molecule has 1 aliphatic rings. The van der Waals surface area contributed by atoms with Crippen molar-refractivity contribution >= 4 is 5.97 Å². The molecule has 16 heavy (non-hydrogen) atoms. The summed E-state index contributed by atoms with van der Waals surface area (Å²) in [5, 5.41) is 11.7. The average molecular weight is 231 g/mol. The summed E-state index contributed by atoms with van der Waals surface area (Å²) in [6, 6.07) is 0. The van der Waals surface area contributed by atoms with Gasteiger partial charge in [0.05, 0.1) is 25.9 Å². The van der Waals surface area contributed by atoms with Gasteiger partial charge in [-0.2, -0.15) is 0 Å². The fourth-order valence-electron chi connectivity index (χ4n) is 1.62. The quantitative estimate of drug-likeness (QED) is 0.600. The molecule has 5 nitrogen and oxygen atoms in total. The van der Waals surface area contributed by atoms with Crippen LogP contribution in [0, 0.1) is 0 Å². The standard InChI is InChI=1S/C11H21NO4/c13-11(14)4-2-1-3-5-12-8-10-9-15-6-7-16-10/h10,12H,1-9H2,(H,13,14). The Balaban J connectivity index is 1.82. The second-order valence-electron chi connectivity index (χ2n) is 3.98. The van der Waals surface area contributed by atoms with Gasteiger partial charge in [0, 0.05) is 13.0 Å². The Morgan fingerprint density at radius 2 is 2.19 bits per heavy atom. The Kier molecular flexibility index (Phi) is 7.12. The average Bonchev–Trinajstić information content (AvgIpc) is 2.29. The maximum absolute atomic E-state index is 10.2. The number of aliphatic carboxylic acids is 1. The van der Waals surface area contributed by atoms with Crippen molar-refractivity contribution in [2.24, 2.45) is 0 Å². The van der Waals surface area contributed by atoms with Gasteiger partial charge in [-0.15, -0.1) is 0 Å². The van der Waals surface area contributed by atoms with E-state index in [4.69, 9.17) is 14.6 Å².